The number of carbonyl (C=O) groups is 2. The standard InChI is InChI=1S/C5H11BN2O2S/c1-4(9)8-11-2-5(10)7-3-6/h2-3,6H2,1H3,(H,7,10)(H,8,9). The molecule has 0 radical (unpaired) electrons. The van der Waals surface area contributed by atoms with Crippen LogP contribution in [0.15, 0.2) is 0 Å². The van der Waals surface area contributed by atoms with E-state index in [4.69, 9.17) is 0 Å². The maximum Gasteiger partial charge on any atom is 0.231 e. The molecule has 0 aromatic carbocycles. The van der Waals surface area contributed by atoms with Crippen LogP contribution in [-0.2, 0) is 9.59 Å². The van der Waals surface area contributed by atoms with E-state index in [0.29, 0.717) is 6.44 Å². The van der Waals surface area contributed by atoms with Crippen molar-refractivity contribution in [2.24, 2.45) is 0 Å². The zero-order valence-electron chi connectivity index (χ0n) is 6.64. The third-order valence-electron chi connectivity index (χ3n) is 0.793. The quantitative estimate of drug-likeness (QED) is 0.402. The molecule has 0 atom stereocenters. The molecular formula is C5H11BN2O2S. The van der Waals surface area contributed by atoms with Crippen LogP contribution in [0, 0.1) is 0 Å². The van der Waals surface area contributed by atoms with Crippen LogP contribution in [0.1, 0.15) is 6.92 Å². The summed E-state index contributed by atoms with van der Waals surface area (Å²) in [7, 11) is 1.85. The van der Waals surface area contributed by atoms with Crippen molar-refractivity contribution in [1.82, 2.24) is 10.0 Å². The average molecular weight is 174 g/mol. The Morgan fingerprint density at radius 3 is 2.64 bits per heavy atom. The van der Waals surface area contributed by atoms with E-state index >= 15 is 0 Å². The van der Waals surface area contributed by atoms with Crippen LogP contribution in [0.3, 0.4) is 0 Å². The van der Waals surface area contributed by atoms with Crippen molar-refractivity contribution in [2.75, 3.05) is 12.2 Å². The molecular weight excluding hydrogens is 163 g/mol. The van der Waals surface area contributed by atoms with Gasteiger partial charge >= 0.3 is 0 Å². The summed E-state index contributed by atoms with van der Waals surface area (Å²) in [5.74, 6) is 0.0681. The average Bonchev–Trinajstić information content (AvgIpc) is 1.87. The molecule has 0 aliphatic rings. The van der Waals surface area contributed by atoms with Crippen molar-refractivity contribution in [3.8, 4) is 0 Å². The summed E-state index contributed by atoms with van der Waals surface area (Å²) < 4.78 is 2.45. The van der Waals surface area contributed by atoms with E-state index in [-0.39, 0.29) is 17.6 Å². The lowest BCUT2D eigenvalue weighted by Gasteiger charge is -2.00. The van der Waals surface area contributed by atoms with Crippen molar-refractivity contribution in [1.29, 1.82) is 0 Å². The van der Waals surface area contributed by atoms with Gasteiger partial charge in [0, 0.05) is 6.92 Å². The first-order chi connectivity index (χ1) is 5.16. The summed E-state index contributed by atoms with van der Waals surface area (Å²) in [4.78, 5) is 21.1. The number of hydrogen-bond acceptors (Lipinski definition) is 3. The summed E-state index contributed by atoms with van der Waals surface area (Å²) in [6, 6.07) is 0. The Morgan fingerprint density at radius 1 is 1.55 bits per heavy atom. The van der Waals surface area contributed by atoms with E-state index in [2.05, 4.69) is 10.0 Å². The third-order valence-corrected chi connectivity index (χ3v) is 1.63. The zero-order chi connectivity index (χ0) is 8.69. The number of amides is 2. The molecule has 4 nitrogen and oxygen atoms in total. The molecule has 0 unspecified atom stereocenters. The van der Waals surface area contributed by atoms with Crippen LogP contribution in [0.4, 0.5) is 0 Å². The predicted molar refractivity (Wildman–Crippen MR) is 47.8 cm³/mol. The van der Waals surface area contributed by atoms with Crippen molar-refractivity contribution in [3.05, 3.63) is 0 Å². The highest BCUT2D eigenvalue weighted by molar-refractivity contribution is 7.98. The van der Waals surface area contributed by atoms with Crippen molar-refractivity contribution >= 4 is 31.6 Å². The van der Waals surface area contributed by atoms with Crippen LogP contribution in [0.2, 0.25) is 0 Å². The molecule has 0 fully saturated rings. The molecule has 62 valence electrons. The second kappa shape index (κ2) is 6.09. The summed E-state index contributed by atoms with van der Waals surface area (Å²) in [5.41, 5.74) is 0. The van der Waals surface area contributed by atoms with Gasteiger partial charge < -0.3 is 5.32 Å². The van der Waals surface area contributed by atoms with Gasteiger partial charge in [0.1, 0.15) is 7.85 Å². The Kier molecular flexibility index (Phi) is 5.73. The Balaban J connectivity index is 3.24. The predicted octanol–water partition coefficient (Wildman–Crippen LogP) is -1.52. The highest BCUT2D eigenvalue weighted by Gasteiger charge is 1.98. The van der Waals surface area contributed by atoms with Gasteiger partial charge in [0.2, 0.25) is 11.8 Å². The minimum absolute atomic E-state index is 0.0637. The fraction of sp³-hybridized carbons (Fsp3) is 0.600. The first-order valence-corrected chi connectivity index (χ1v) is 4.30. The van der Waals surface area contributed by atoms with E-state index in [1.54, 1.807) is 0 Å². The minimum atomic E-state index is -0.140. The molecule has 0 bridgehead atoms. The molecule has 0 heterocycles. The fourth-order valence-electron chi connectivity index (χ4n) is 0.451. The third kappa shape index (κ3) is 7.25. The zero-order valence-corrected chi connectivity index (χ0v) is 7.46. The van der Waals surface area contributed by atoms with Gasteiger partial charge in [-0.1, -0.05) is 0 Å². The maximum absolute atomic E-state index is 10.7. The van der Waals surface area contributed by atoms with E-state index < -0.39 is 0 Å². The molecule has 2 N–H and O–H groups in total. The molecule has 0 aliphatic carbocycles. The summed E-state index contributed by atoms with van der Waals surface area (Å²) >= 11 is 1.10. The van der Waals surface area contributed by atoms with Crippen LogP contribution in [0.5, 0.6) is 0 Å². The fourth-order valence-corrected chi connectivity index (χ4v) is 0.960. The monoisotopic (exact) mass is 174 g/mol. The van der Waals surface area contributed by atoms with E-state index in [1.807, 2.05) is 7.85 Å². The van der Waals surface area contributed by atoms with E-state index in [1.165, 1.54) is 6.92 Å². The van der Waals surface area contributed by atoms with Gasteiger partial charge in [0.05, 0.1) is 5.75 Å². The van der Waals surface area contributed by atoms with Crippen molar-refractivity contribution in [2.45, 2.75) is 6.92 Å². The van der Waals surface area contributed by atoms with Gasteiger partial charge in [-0.25, -0.2) is 0 Å². The lowest BCUT2D eigenvalue weighted by atomic mass is 10.2. The smallest absolute Gasteiger partial charge is 0.231 e. The molecule has 0 rings (SSSR count). The van der Waals surface area contributed by atoms with Crippen molar-refractivity contribution < 1.29 is 9.59 Å². The lowest BCUT2D eigenvalue weighted by Crippen LogP contribution is -2.27. The molecule has 0 aliphatic heterocycles. The highest BCUT2D eigenvalue weighted by Crippen LogP contribution is 1.90. The van der Waals surface area contributed by atoms with Gasteiger partial charge in [-0.2, -0.15) is 0 Å². The molecule has 11 heavy (non-hydrogen) atoms. The van der Waals surface area contributed by atoms with Crippen molar-refractivity contribution in [3.63, 3.8) is 0 Å². The van der Waals surface area contributed by atoms with E-state index in [9.17, 15) is 9.59 Å². The first-order valence-electron chi connectivity index (χ1n) is 3.32. The number of carbonyl (C=O) groups excluding carboxylic acids is 2. The SMILES string of the molecule is BCNC(=O)CSNC(C)=O. The normalized spacial score (nSPS) is 8.82. The topological polar surface area (TPSA) is 58.2 Å². The van der Waals surface area contributed by atoms with Crippen LogP contribution in [0.25, 0.3) is 0 Å². The Hall–Kier alpha value is -0.645. The Labute approximate surface area is 71.0 Å². The molecule has 0 saturated carbocycles. The lowest BCUT2D eigenvalue weighted by molar-refractivity contribution is -0.118. The van der Waals surface area contributed by atoms with Gasteiger partial charge in [0.25, 0.3) is 0 Å². The Morgan fingerprint density at radius 2 is 2.18 bits per heavy atom. The molecule has 2 amide bonds. The number of rotatable bonds is 4. The summed E-state index contributed by atoms with van der Waals surface area (Å²) in [5, 5.41) is 2.61. The van der Waals surface area contributed by atoms with Gasteiger partial charge in [-0.3, -0.25) is 14.3 Å². The Bertz CT molecular complexity index is 153. The number of nitrogens with one attached hydrogen (secondary N) is 2. The molecule has 0 aromatic rings. The molecule has 0 spiro atoms. The van der Waals surface area contributed by atoms with Crippen LogP contribution >= 0.6 is 11.9 Å². The molecule has 6 heteroatoms. The first kappa shape index (κ1) is 10.4. The second-order valence-corrected chi connectivity index (χ2v) is 2.68. The summed E-state index contributed by atoms with van der Waals surface area (Å²) in [6.07, 6.45) is 0.624. The number of hydrogen-bond donors (Lipinski definition) is 2. The van der Waals surface area contributed by atoms with Crippen LogP contribution < -0.4 is 10.0 Å². The van der Waals surface area contributed by atoms with Gasteiger partial charge in [-0.05, 0) is 18.4 Å². The molecule has 0 saturated heterocycles. The maximum atomic E-state index is 10.7. The van der Waals surface area contributed by atoms with Gasteiger partial charge in [0.15, 0.2) is 0 Å². The van der Waals surface area contributed by atoms with Crippen LogP contribution in [-0.4, -0.2) is 31.9 Å². The molecule has 0 aromatic heterocycles. The summed E-state index contributed by atoms with van der Waals surface area (Å²) in [6.45, 7) is 1.41. The van der Waals surface area contributed by atoms with E-state index in [0.717, 1.165) is 11.9 Å². The van der Waals surface area contributed by atoms with Gasteiger partial charge in [-0.15, -0.1) is 0 Å². The largest absolute Gasteiger partial charge is 0.364 e. The second-order valence-electron chi connectivity index (χ2n) is 1.90. The minimum Gasteiger partial charge on any atom is -0.364 e. The highest BCUT2D eigenvalue weighted by atomic mass is 32.2.